The molecular formula is C16H22N2O3. The molecule has 0 aromatic heterocycles. The van der Waals surface area contributed by atoms with Crippen molar-refractivity contribution in [3.05, 3.63) is 35.4 Å². The van der Waals surface area contributed by atoms with Crippen LogP contribution in [-0.4, -0.2) is 34.1 Å². The molecule has 0 fully saturated rings. The summed E-state index contributed by atoms with van der Waals surface area (Å²) in [5, 5.41) is 11.7. The van der Waals surface area contributed by atoms with Crippen LogP contribution in [0.25, 0.3) is 0 Å². The number of hydrogen-bond donors (Lipinski definition) is 2. The Kier molecular flexibility index (Phi) is 4.50. The number of aryl methyl sites for hydroxylation is 1. The zero-order valence-electron chi connectivity index (χ0n) is 12.6. The smallest absolute Gasteiger partial charge is 0.318 e. The zero-order valence-corrected chi connectivity index (χ0v) is 12.6. The molecule has 114 valence electrons. The van der Waals surface area contributed by atoms with Gasteiger partial charge in [0.1, 0.15) is 0 Å². The number of nitrogens with zero attached hydrogens (tertiary/aromatic N) is 1. The Morgan fingerprint density at radius 1 is 1.29 bits per heavy atom. The van der Waals surface area contributed by atoms with Crippen LogP contribution in [0.5, 0.6) is 0 Å². The van der Waals surface area contributed by atoms with E-state index in [1.165, 1.54) is 11.1 Å². The fourth-order valence-corrected chi connectivity index (χ4v) is 2.66. The summed E-state index contributed by atoms with van der Waals surface area (Å²) in [4.78, 5) is 25.0. The molecule has 5 nitrogen and oxygen atoms in total. The van der Waals surface area contributed by atoms with Crippen LogP contribution < -0.4 is 5.32 Å². The first kappa shape index (κ1) is 15.4. The summed E-state index contributed by atoms with van der Waals surface area (Å²) < 4.78 is 0. The van der Waals surface area contributed by atoms with Gasteiger partial charge in [0, 0.05) is 18.6 Å². The third-order valence-corrected chi connectivity index (χ3v) is 3.68. The van der Waals surface area contributed by atoms with Crippen molar-refractivity contribution in [3.8, 4) is 0 Å². The van der Waals surface area contributed by atoms with Crippen LogP contribution in [0.2, 0.25) is 0 Å². The number of amides is 2. The number of carbonyl (C=O) groups is 2. The molecule has 0 aliphatic carbocycles. The van der Waals surface area contributed by atoms with Gasteiger partial charge in [-0.05, 0) is 37.8 Å². The van der Waals surface area contributed by atoms with E-state index in [1.807, 2.05) is 18.2 Å². The highest BCUT2D eigenvalue weighted by Crippen LogP contribution is 2.19. The van der Waals surface area contributed by atoms with Gasteiger partial charge in [0.25, 0.3) is 0 Å². The minimum Gasteiger partial charge on any atom is -0.481 e. The summed E-state index contributed by atoms with van der Waals surface area (Å²) in [6.45, 7) is 4.71. The number of nitrogens with one attached hydrogen (secondary N) is 1. The van der Waals surface area contributed by atoms with Gasteiger partial charge in [-0.3, -0.25) is 4.79 Å². The lowest BCUT2D eigenvalue weighted by Gasteiger charge is -2.29. The summed E-state index contributed by atoms with van der Waals surface area (Å²) in [7, 11) is 0. The van der Waals surface area contributed by atoms with Crippen LogP contribution in [-0.2, 0) is 17.8 Å². The maximum absolute atomic E-state index is 12.4. The number of urea groups is 1. The summed E-state index contributed by atoms with van der Waals surface area (Å²) in [6.07, 6.45) is 1.80. The van der Waals surface area contributed by atoms with Crippen LogP contribution >= 0.6 is 0 Å². The lowest BCUT2D eigenvalue weighted by Crippen LogP contribution is -2.50. The second kappa shape index (κ2) is 6.16. The highest BCUT2D eigenvalue weighted by Gasteiger charge is 2.27. The molecule has 0 bridgehead atoms. The predicted octanol–water partition coefficient (Wildman–Crippen LogP) is 2.40. The Bertz CT molecular complexity index is 540. The van der Waals surface area contributed by atoms with Gasteiger partial charge in [-0.25, -0.2) is 4.79 Å². The Hall–Kier alpha value is -2.04. The third kappa shape index (κ3) is 4.21. The maximum atomic E-state index is 12.4. The van der Waals surface area contributed by atoms with Crippen molar-refractivity contribution >= 4 is 12.0 Å². The average Bonchev–Trinajstić information content (AvgIpc) is 2.58. The van der Waals surface area contributed by atoms with Crippen LogP contribution in [0.1, 0.15) is 37.8 Å². The van der Waals surface area contributed by atoms with Crippen LogP contribution in [0.3, 0.4) is 0 Å². The first-order valence-corrected chi connectivity index (χ1v) is 7.23. The summed E-state index contributed by atoms with van der Waals surface area (Å²) >= 11 is 0. The Labute approximate surface area is 125 Å². The van der Waals surface area contributed by atoms with Crippen molar-refractivity contribution in [2.45, 2.75) is 45.2 Å². The van der Waals surface area contributed by atoms with Gasteiger partial charge in [0.15, 0.2) is 0 Å². The van der Waals surface area contributed by atoms with E-state index in [9.17, 15) is 9.59 Å². The second-order valence-electron chi connectivity index (χ2n) is 6.18. The molecule has 1 aromatic carbocycles. The lowest BCUT2D eigenvalue weighted by atomic mass is 10.0. The number of carboxylic acid groups (broad SMARTS) is 1. The zero-order chi connectivity index (χ0) is 15.5. The first-order chi connectivity index (χ1) is 9.87. The Morgan fingerprint density at radius 2 is 1.95 bits per heavy atom. The second-order valence-corrected chi connectivity index (χ2v) is 6.18. The number of hydrogen-bond acceptors (Lipinski definition) is 2. The van der Waals surface area contributed by atoms with E-state index in [4.69, 9.17) is 5.11 Å². The van der Waals surface area contributed by atoms with E-state index in [0.29, 0.717) is 13.1 Å². The van der Waals surface area contributed by atoms with Crippen molar-refractivity contribution < 1.29 is 14.7 Å². The van der Waals surface area contributed by atoms with Crippen molar-refractivity contribution in [1.29, 1.82) is 0 Å². The molecule has 2 rings (SSSR count). The predicted molar refractivity (Wildman–Crippen MR) is 80.0 cm³/mol. The molecule has 0 saturated carbocycles. The molecule has 0 saturated heterocycles. The van der Waals surface area contributed by atoms with E-state index >= 15 is 0 Å². The summed E-state index contributed by atoms with van der Waals surface area (Å²) in [5.41, 5.74) is 1.70. The van der Waals surface area contributed by atoms with Crippen LogP contribution in [0.15, 0.2) is 24.3 Å². The molecule has 2 N–H and O–H groups in total. The van der Waals surface area contributed by atoms with Gasteiger partial charge >= 0.3 is 12.0 Å². The Morgan fingerprint density at radius 3 is 2.62 bits per heavy atom. The molecule has 0 radical (unpaired) electrons. The van der Waals surface area contributed by atoms with Gasteiger partial charge in [-0.1, -0.05) is 24.3 Å². The molecule has 1 heterocycles. The van der Waals surface area contributed by atoms with Crippen molar-refractivity contribution in [2.75, 3.05) is 6.54 Å². The van der Waals surface area contributed by atoms with E-state index in [-0.39, 0.29) is 12.5 Å². The number of rotatable bonds is 3. The number of benzene rings is 1. The minimum absolute atomic E-state index is 0.0941. The quantitative estimate of drug-likeness (QED) is 0.898. The molecule has 0 unspecified atom stereocenters. The van der Waals surface area contributed by atoms with E-state index < -0.39 is 11.5 Å². The number of carboxylic acids is 1. The molecular weight excluding hydrogens is 268 g/mol. The van der Waals surface area contributed by atoms with Gasteiger partial charge in [0.2, 0.25) is 0 Å². The van der Waals surface area contributed by atoms with Crippen molar-refractivity contribution in [3.63, 3.8) is 0 Å². The van der Waals surface area contributed by atoms with Gasteiger partial charge in [0.05, 0.1) is 6.42 Å². The van der Waals surface area contributed by atoms with Gasteiger partial charge in [-0.2, -0.15) is 0 Å². The maximum Gasteiger partial charge on any atom is 0.318 e. The van der Waals surface area contributed by atoms with E-state index in [2.05, 4.69) is 11.4 Å². The molecule has 1 aliphatic rings. The van der Waals surface area contributed by atoms with Gasteiger partial charge in [-0.15, -0.1) is 0 Å². The normalized spacial score (nSPS) is 15.0. The Balaban J connectivity index is 2.05. The summed E-state index contributed by atoms with van der Waals surface area (Å²) in [5.74, 6) is -0.915. The first-order valence-electron chi connectivity index (χ1n) is 7.23. The number of fused-ring (bicyclic) bond motifs is 1. The molecule has 21 heavy (non-hydrogen) atoms. The number of aliphatic carboxylic acids is 1. The largest absolute Gasteiger partial charge is 0.481 e. The minimum atomic E-state index is -0.915. The molecule has 0 atom stereocenters. The van der Waals surface area contributed by atoms with Crippen molar-refractivity contribution in [2.24, 2.45) is 0 Å². The molecule has 2 amide bonds. The summed E-state index contributed by atoms with van der Waals surface area (Å²) in [6, 6.07) is 7.95. The highest BCUT2D eigenvalue weighted by molar-refractivity contribution is 5.77. The third-order valence-electron chi connectivity index (χ3n) is 3.68. The van der Waals surface area contributed by atoms with Crippen LogP contribution in [0, 0.1) is 0 Å². The molecule has 0 spiro atoms. The fraction of sp³-hybridized carbons (Fsp3) is 0.500. The molecule has 5 heteroatoms. The monoisotopic (exact) mass is 290 g/mol. The highest BCUT2D eigenvalue weighted by atomic mass is 16.4. The molecule has 1 aliphatic heterocycles. The van der Waals surface area contributed by atoms with Crippen molar-refractivity contribution in [1.82, 2.24) is 10.2 Å². The van der Waals surface area contributed by atoms with Gasteiger partial charge < -0.3 is 15.3 Å². The van der Waals surface area contributed by atoms with E-state index in [1.54, 1.807) is 18.7 Å². The average molecular weight is 290 g/mol. The SMILES string of the molecule is CC(C)(CC(=O)O)NC(=O)N1CCCc2ccccc2C1. The topological polar surface area (TPSA) is 69.6 Å². The number of carbonyl (C=O) groups excluding carboxylic acids is 1. The lowest BCUT2D eigenvalue weighted by molar-refractivity contribution is -0.138. The van der Waals surface area contributed by atoms with E-state index in [0.717, 1.165) is 12.8 Å². The molecule has 1 aromatic rings. The van der Waals surface area contributed by atoms with Crippen LogP contribution in [0.4, 0.5) is 4.79 Å². The standard InChI is InChI=1S/C16H22N2O3/c1-16(2,10-14(19)20)17-15(21)18-9-5-8-12-6-3-4-7-13(12)11-18/h3-4,6-7H,5,8-11H2,1-2H3,(H,17,21)(H,19,20). The fourth-order valence-electron chi connectivity index (χ4n) is 2.66.